The minimum atomic E-state index is -0.635. The molecule has 1 aromatic heterocycles. The maximum Gasteiger partial charge on any atom is 0.259 e. The van der Waals surface area contributed by atoms with E-state index >= 15 is 0 Å². The van der Waals surface area contributed by atoms with Crippen molar-refractivity contribution in [2.75, 3.05) is 11.1 Å². The van der Waals surface area contributed by atoms with E-state index < -0.39 is 11.7 Å². The molecule has 98 valence electrons. The van der Waals surface area contributed by atoms with Crippen LogP contribution in [0.3, 0.4) is 0 Å². The first kappa shape index (κ1) is 13.8. The summed E-state index contributed by atoms with van der Waals surface area (Å²) in [5.41, 5.74) is 5.96. The van der Waals surface area contributed by atoms with Crippen molar-refractivity contribution in [1.82, 2.24) is 4.98 Å². The molecule has 3 N–H and O–H groups in total. The Bertz CT molecular complexity index is 651. The molecule has 19 heavy (non-hydrogen) atoms. The second-order valence-corrected chi connectivity index (χ2v) is 4.96. The molecule has 0 saturated heterocycles. The highest BCUT2D eigenvalue weighted by Gasteiger charge is 2.13. The second-order valence-electron chi connectivity index (χ2n) is 3.66. The Morgan fingerprint density at radius 3 is 2.89 bits per heavy atom. The number of rotatable bonds is 2. The Hall–Kier alpha value is -1.66. The van der Waals surface area contributed by atoms with Crippen LogP contribution < -0.4 is 11.1 Å². The van der Waals surface area contributed by atoms with Gasteiger partial charge in [0.25, 0.3) is 5.91 Å². The number of nitrogens with one attached hydrogen (secondary N) is 1. The Morgan fingerprint density at radius 1 is 1.42 bits per heavy atom. The minimum Gasteiger partial charge on any atom is -0.383 e. The number of halogens is 3. The third-order valence-electron chi connectivity index (χ3n) is 2.31. The lowest BCUT2D eigenvalue weighted by Gasteiger charge is -2.09. The number of nitrogen functional groups attached to an aromatic ring is 1. The van der Waals surface area contributed by atoms with E-state index in [9.17, 15) is 9.18 Å². The highest BCUT2D eigenvalue weighted by Crippen LogP contribution is 2.26. The number of carbonyl (C=O) groups is 1. The summed E-state index contributed by atoms with van der Waals surface area (Å²) in [6.07, 6.45) is 0.946. The molecule has 0 atom stereocenters. The Morgan fingerprint density at radius 2 is 2.16 bits per heavy atom. The molecule has 0 aliphatic rings. The van der Waals surface area contributed by atoms with E-state index in [1.807, 2.05) is 0 Å². The van der Waals surface area contributed by atoms with E-state index in [1.54, 1.807) is 18.2 Å². The molecule has 0 saturated carbocycles. The van der Waals surface area contributed by atoms with Crippen LogP contribution in [0.2, 0.25) is 5.02 Å². The van der Waals surface area contributed by atoms with E-state index in [1.165, 1.54) is 0 Å². The van der Waals surface area contributed by atoms with E-state index in [4.69, 9.17) is 17.3 Å². The fourth-order valence-electron chi connectivity index (χ4n) is 1.41. The fourth-order valence-corrected chi connectivity index (χ4v) is 1.93. The average molecular weight is 345 g/mol. The number of aromatic nitrogens is 1. The molecule has 0 radical (unpaired) electrons. The summed E-state index contributed by atoms with van der Waals surface area (Å²) in [4.78, 5) is 15.6. The molecular weight excluding hydrogens is 337 g/mol. The number of carbonyl (C=O) groups excluding carboxylic acids is 1. The van der Waals surface area contributed by atoms with Crippen LogP contribution in [0.5, 0.6) is 0 Å². The van der Waals surface area contributed by atoms with Gasteiger partial charge in [-0.05, 0) is 40.2 Å². The van der Waals surface area contributed by atoms with Crippen molar-refractivity contribution in [1.29, 1.82) is 0 Å². The predicted molar refractivity (Wildman–Crippen MR) is 75.7 cm³/mol. The fraction of sp³-hybridized carbons (Fsp3) is 0. The highest BCUT2D eigenvalue weighted by atomic mass is 79.9. The Labute approximate surface area is 121 Å². The summed E-state index contributed by atoms with van der Waals surface area (Å²) < 4.78 is 13.7. The zero-order chi connectivity index (χ0) is 14.0. The van der Waals surface area contributed by atoms with Crippen molar-refractivity contribution in [2.24, 2.45) is 0 Å². The van der Waals surface area contributed by atoms with Gasteiger partial charge in [-0.3, -0.25) is 4.79 Å². The number of nitrogens with two attached hydrogens (primary N) is 1. The first-order valence-corrected chi connectivity index (χ1v) is 6.32. The molecule has 4 nitrogen and oxygen atoms in total. The van der Waals surface area contributed by atoms with Crippen molar-refractivity contribution < 1.29 is 9.18 Å². The maximum atomic E-state index is 13.1. The Kier molecular flexibility index (Phi) is 4.01. The van der Waals surface area contributed by atoms with Gasteiger partial charge in [-0.1, -0.05) is 11.6 Å². The molecule has 1 heterocycles. The number of hydrogen-bond donors (Lipinski definition) is 2. The van der Waals surface area contributed by atoms with Crippen LogP contribution in [0.1, 0.15) is 10.4 Å². The molecule has 0 spiro atoms. The van der Waals surface area contributed by atoms with Gasteiger partial charge in [-0.15, -0.1) is 0 Å². The van der Waals surface area contributed by atoms with Crippen LogP contribution in [0.4, 0.5) is 15.9 Å². The molecule has 7 heteroatoms. The molecule has 0 fully saturated rings. The summed E-state index contributed by atoms with van der Waals surface area (Å²) in [5, 5.41) is 3.04. The zero-order valence-corrected chi connectivity index (χ0v) is 11.8. The molecule has 0 bridgehead atoms. The topological polar surface area (TPSA) is 68.0 Å². The van der Waals surface area contributed by atoms with Gasteiger partial charge in [0.1, 0.15) is 11.6 Å². The van der Waals surface area contributed by atoms with Crippen molar-refractivity contribution in [3.63, 3.8) is 0 Å². The van der Waals surface area contributed by atoms with Crippen LogP contribution in [0, 0.1) is 5.82 Å². The molecule has 0 aliphatic heterocycles. The SMILES string of the molecule is Nc1ncc(F)cc1C(=O)Nc1cc(Cl)ccc1Br. The standard InChI is InChI=1S/C12H8BrClFN3O/c13-9-2-1-6(14)3-10(9)18-12(19)8-4-7(15)5-17-11(8)16/h1-5H,(H2,16,17)(H,18,19). The smallest absolute Gasteiger partial charge is 0.259 e. The quantitative estimate of drug-likeness (QED) is 0.876. The Balaban J connectivity index is 2.30. The molecule has 0 unspecified atom stereocenters. The van der Waals surface area contributed by atoms with Gasteiger partial charge < -0.3 is 11.1 Å². The van der Waals surface area contributed by atoms with Gasteiger partial charge in [-0.2, -0.15) is 0 Å². The summed E-state index contributed by atoms with van der Waals surface area (Å²) in [7, 11) is 0. The third-order valence-corrected chi connectivity index (χ3v) is 3.23. The molecule has 2 rings (SSSR count). The lowest BCUT2D eigenvalue weighted by molar-refractivity contribution is 0.102. The van der Waals surface area contributed by atoms with E-state index in [-0.39, 0.29) is 11.4 Å². The van der Waals surface area contributed by atoms with E-state index in [0.717, 1.165) is 12.3 Å². The van der Waals surface area contributed by atoms with Crippen LogP contribution in [0.25, 0.3) is 0 Å². The minimum absolute atomic E-state index is 0.0353. The maximum absolute atomic E-state index is 13.1. The number of benzene rings is 1. The van der Waals surface area contributed by atoms with Gasteiger partial charge in [0, 0.05) is 9.50 Å². The largest absolute Gasteiger partial charge is 0.383 e. The normalized spacial score (nSPS) is 10.3. The zero-order valence-electron chi connectivity index (χ0n) is 9.45. The van der Waals surface area contributed by atoms with Crippen molar-refractivity contribution >= 4 is 44.9 Å². The van der Waals surface area contributed by atoms with Gasteiger partial charge in [0.05, 0.1) is 17.4 Å². The number of hydrogen-bond acceptors (Lipinski definition) is 3. The first-order valence-electron chi connectivity index (χ1n) is 5.15. The number of amides is 1. The number of nitrogens with zero attached hydrogens (tertiary/aromatic N) is 1. The van der Waals surface area contributed by atoms with Crippen LogP contribution in [-0.4, -0.2) is 10.9 Å². The van der Waals surface area contributed by atoms with Crippen LogP contribution in [-0.2, 0) is 0 Å². The monoisotopic (exact) mass is 343 g/mol. The lowest BCUT2D eigenvalue weighted by Crippen LogP contribution is -2.15. The van der Waals surface area contributed by atoms with E-state index in [2.05, 4.69) is 26.2 Å². The van der Waals surface area contributed by atoms with Crippen molar-refractivity contribution in [2.45, 2.75) is 0 Å². The summed E-state index contributed by atoms with van der Waals surface area (Å²) >= 11 is 9.10. The van der Waals surface area contributed by atoms with Crippen molar-refractivity contribution in [3.05, 3.63) is 51.3 Å². The third kappa shape index (κ3) is 3.21. The molecular formula is C12H8BrClFN3O. The summed E-state index contributed by atoms with van der Waals surface area (Å²) in [5.74, 6) is -1.24. The first-order chi connectivity index (χ1) is 8.97. The van der Waals surface area contributed by atoms with Gasteiger partial charge >= 0.3 is 0 Å². The summed E-state index contributed by atoms with van der Waals surface area (Å²) in [6, 6.07) is 5.94. The lowest BCUT2D eigenvalue weighted by atomic mass is 10.2. The van der Waals surface area contributed by atoms with Crippen LogP contribution >= 0.6 is 27.5 Å². The van der Waals surface area contributed by atoms with Gasteiger partial charge in [0.15, 0.2) is 0 Å². The molecule has 0 aliphatic carbocycles. The molecule has 1 aromatic carbocycles. The summed E-state index contributed by atoms with van der Waals surface area (Å²) in [6.45, 7) is 0. The second kappa shape index (κ2) is 5.54. The number of anilines is 2. The highest BCUT2D eigenvalue weighted by molar-refractivity contribution is 9.10. The average Bonchev–Trinajstić information content (AvgIpc) is 2.36. The molecule has 2 aromatic rings. The predicted octanol–water partition coefficient (Wildman–Crippen LogP) is 3.47. The van der Waals surface area contributed by atoms with Crippen molar-refractivity contribution in [3.8, 4) is 0 Å². The van der Waals surface area contributed by atoms with E-state index in [0.29, 0.717) is 15.2 Å². The number of pyridine rings is 1. The van der Waals surface area contributed by atoms with Gasteiger partial charge in [0.2, 0.25) is 0 Å². The molecule has 1 amide bonds. The van der Waals surface area contributed by atoms with Crippen LogP contribution in [0.15, 0.2) is 34.9 Å². The van der Waals surface area contributed by atoms with Gasteiger partial charge in [-0.25, -0.2) is 9.37 Å².